The van der Waals surface area contributed by atoms with Crippen molar-refractivity contribution < 1.29 is 5.11 Å². The first kappa shape index (κ1) is 9.53. The number of nitrogens with two attached hydrogens (primary N) is 1. The summed E-state index contributed by atoms with van der Waals surface area (Å²) in [5.74, 6) is 0.340. The molecule has 1 fully saturated rings. The van der Waals surface area contributed by atoms with Crippen LogP contribution in [0.15, 0.2) is 18.2 Å². The Labute approximate surface area is 84.7 Å². The van der Waals surface area contributed by atoms with Crippen LogP contribution in [0.3, 0.4) is 0 Å². The van der Waals surface area contributed by atoms with E-state index in [2.05, 4.69) is 6.92 Å². The molecular formula is C12H17NO. The molecule has 0 spiro atoms. The first-order chi connectivity index (χ1) is 6.56. The molecule has 1 aromatic rings. The smallest absolute Gasteiger partial charge is 0.115 e. The summed E-state index contributed by atoms with van der Waals surface area (Å²) in [7, 11) is 0. The first-order valence-electron chi connectivity index (χ1n) is 5.12. The molecule has 3 N–H and O–H groups in total. The molecule has 0 amide bonds. The predicted octanol–water partition coefficient (Wildman–Crippen LogP) is 2.08. The predicted molar refractivity (Wildman–Crippen MR) is 57.4 cm³/mol. The molecule has 1 aliphatic rings. The monoisotopic (exact) mass is 191 g/mol. The Morgan fingerprint density at radius 1 is 1.43 bits per heavy atom. The minimum Gasteiger partial charge on any atom is -0.508 e. The van der Waals surface area contributed by atoms with Gasteiger partial charge in [-0.3, -0.25) is 0 Å². The van der Waals surface area contributed by atoms with Crippen LogP contribution < -0.4 is 5.73 Å². The largest absolute Gasteiger partial charge is 0.508 e. The van der Waals surface area contributed by atoms with Crippen molar-refractivity contribution in [2.24, 2.45) is 5.73 Å². The van der Waals surface area contributed by atoms with Crippen LogP contribution in [-0.2, 0) is 5.41 Å². The van der Waals surface area contributed by atoms with Crippen LogP contribution in [0.5, 0.6) is 5.75 Å². The van der Waals surface area contributed by atoms with Gasteiger partial charge in [-0.1, -0.05) is 6.07 Å². The Morgan fingerprint density at radius 2 is 2.07 bits per heavy atom. The van der Waals surface area contributed by atoms with Gasteiger partial charge < -0.3 is 10.8 Å². The molecule has 0 bridgehead atoms. The van der Waals surface area contributed by atoms with Crippen LogP contribution >= 0.6 is 0 Å². The molecule has 2 rings (SSSR count). The third-order valence-corrected chi connectivity index (χ3v) is 3.41. The summed E-state index contributed by atoms with van der Waals surface area (Å²) in [4.78, 5) is 0. The van der Waals surface area contributed by atoms with E-state index in [1.165, 1.54) is 18.4 Å². The van der Waals surface area contributed by atoms with Gasteiger partial charge in [0.2, 0.25) is 0 Å². The number of benzene rings is 1. The minimum atomic E-state index is 0.192. The molecule has 0 saturated heterocycles. The molecular weight excluding hydrogens is 174 g/mol. The van der Waals surface area contributed by atoms with E-state index >= 15 is 0 Å². The summed E-state index contributed by atoms with van der Waals surface area (Å²) in [5.41, 5.74) is 8.66. The fourth-order valence-corrected chi connectivity index (χ4v) is 2.31. The maximum absolute atomic E-state index is 9.33. The molecule has 0 heterocycles. The van der Waals surface area contributed by atoms with Crippen molar-refractivity contribution in [1.29, 1.82) is 0 Å². The van der Waals surface area contributed by atoms with Gasteiger partial charge in [-0.15, -0.1) is 0 Å². The summed E-state index contributed by atoms with van der Waals surface area (Å²) in [5, 5.41) is 9.33. The second kappa shape index (κ2) is 2.99. The van der Waals surface area contributed by atoms with Crippen molar-refractivity contribution in [1.82, 2.24) is 0 Å². The molecule has 1 aromatic carbocycles. The number of rotatable bonds is 2. The molecule has 0 aliphatic heterocycles. The lowest BCUT2D eigenvalue weighted by Gasteiger charge is -2.22. The maximum Gasteiger partial charge on any atom is 0.115 e. The SMILES string of the molecule is Cc1cc(O)ccc1C1(C(C)N)CC1. The van der Waals surface area contributed by atoms with Gasteiger partial charge in [0, 0.05) is 11.5 Å². The van der Waals surface area contributed by atoms with E-state index in [1.807, 2.05) is 19.1 Å². The standard InChI is InChI=1S/C12H17NO/c1-8-7-10(14)3-4-11(8)12(5-6-12)9(2)13/h3-4,7,9,14H,5-6,13H2,1-2H3. The molecule has 1 aliphatic carbocycles. The lowest BCUT2D eigenvalue weighted by Crippen LogP contribution is -2.32. The Balaban J connectivity index is 2.42. The van der Waals surface area contributed by atoms with Gasteiger partial charge in [0.05, 0.1) is 0 Å². The highest BCUT2D eigenvalue weighted by molar-refractivity contribution is 5.43. The highest BCUT2D eigenvalue weighted by Gasteiger charge is 2.48. The van der Waals surface area contributed by atoms with E-state index in [4.69, 9.17) is 5.73 Å². The van der Waals surface area contributed by atoms with Gasteiger partial charge >= 0.3 is 0 Å². The van der Waals surface area contributed by atoms with Crippen LogP contribution in [0.25, 0.3) is 0 Å². The number of phenols is 1. The van der Waals surface area contributed by atoms with E-state index in [0.29, 0.717) is 5.75 Å². The Hall–Kier alpha value is -1.02. The fraction of sp³-hybridized carbons (Fsp3) is 0.500. The third-order valence-electron chi connectivity index (χ3n) is 3.41. The maximum atomic E-state index is 9.33. The Bertz CT molecular complexity index is 353. The lowest BCUT2D eigenvalue weighted by molar-refractivity contribution is 0.473. The molecule has 14 heavy (non-hydrogen) atoms. The number of hydrogen-bond acceptors (Lipinski definition) is 2. The van der Waals surface area contributed by atoms with Crippen LogP contribution in [0.2, 0.25) is 0 Å². The highest BCUT2D eigenvalue weighted by Crippen LogP contribution is 2.51. The van der Waals surface area contributed by atoms with Crippen LogP contribution in [0.1, 0.15) is 30.9 Å². The zero-order valence-corrected chi connectivity index (χ0v) is 8.75. The van der Waals surface area contributed by atoms with Crippen LogP contribution in [0, 0.1) is 6.92 Å². The number of hydrogen-bond donors (Lipinski definition) is 2. The normalized spacial score (nSPS) is 20.5. The summed E-state index contributed by atoms with van der Waals surface area (Å²) in [6.45, 7) is 4.11. The van der Waals surface area contributed by atoms with Crippen molar-refractivity contribution in [2.45, 2.75) is 38.1 Å². The van der Waals surface area contributed by atoms with Crippen molar-refractivity contribution in [3.8, 4) is 5.75 Å². The number of phenolic OH excluding ortho intramolecular Hbond substituents is 1. The van der Waals surface area contributed by atoms with Crippen LogP contribution in [-0.4, -0.2) is 11.1 Å². The van der Waals surface area contributed by atoms with Gasteiger partial charge in [-0.05, 0) is 49.9 Å². The fourth-order valence-electron chi connectivity index (χ4n) is 2.31. The molecule has 76 valence electrons. The quantitative estimate of drug-likeness (QED) is 0.751. The molecule has 0 radical (unpaired) electrons. The van der Waals surface area contributed by atoms with Gasteiger partial charge in [-0.25, -0.2) is 0 Å². The summed E-state index contributed by atoms with van der Waals surface area (Å²) in [6, 6.07) is 5.79. The Morgan fingerprint density at radius 3 is 2.50 bits per heavy atom. The number of aryl methyl sites for hydroxylation is 1. The molecule has 1 atom stereocenters. The molecule has 1 unspecified atom stereocenters. The molecule has 2 nitrogen and oxygen atoms in total. The molecule has 2 heteroatoms. The summed E-state index contributed by atoms with van der Waals surface area (Å²) < 4.78 is 0. The zero-order valence-electron chi connectivity index (χ0n) is 8.75. The van der Waals surface area contributed by atoms with E-state index in [1.54, 1.807) is 6.07 Å². The van der Waals surface area contributed by atoms with Crippen molar-refractivity contribution in [2.75, 3.05) is 0 Å². The summed E-state index contributed by atoms with van der Waals surface area (Å²) in [6.07, 6.45) is 2.35. The lowest BCUT2D eigenvalue weighted by atomic mass is 9.86. The highest BCUT2D eigenvalue weighted by atomic mass is 16.3. The average molecular weight is 191 g/mol. The number of aromatic hydroxyl groups is 1. The van der Waals surface area contributed by atoms with E-state index < -0.39 is 0 Å². The average Bonchev–Trinajstić information content (AvgIpc) is 2.84. The van der Waals surface area contributed by atoms with Gasteiger partial charge in [0.1, 0.15) is 5.75 Å². The molecule has 0 aromatic heterocycles. The topological polar surface area (TPSA) is 46.2 Å². The second-order valence-corrected chi connectivity index (χ2v) is 4.44. The van der Waals surface area contributed by atoms with Gasteiger partial charge in [0.15, 0.2) is 0 Å². The minimum absolute atomic E-state index is 0.192. The second-order valence-electron chi connectivity index (χ2n) is 4.44. The van der Waals surface area contributed by atoms with Crippen LogP contribution in [0.4, 0.5) is 0 Å². The van der Waals surface area contributed by atoms with Crippen molar-refractivity contribution in [3.63, 3.8) is 0 Å². The van der Waals surface area contributed by atoms with E-state index in [9.17, 15) is 5.11 Å². The Kier molecular flexibility index (Phi) is 2.04. The van der Waals surface area contributed by atoms with E-state index in [0.717, 1.165) is 5.56 Å². The zero-order chi connectivity index (χ0) is 10.3. The first-order valence-corrected chi connectivity index (χ1v) is 5.12. The van der Waals surface area contributed by atoms with Crippen molar-refractivity contribution in [3.05, 3.63) is 29.3 Å². The molecule has 1 saturated carbocycles. The van der Waals surface area contributed by atoms with Crippen molar-refractivity contribution >= 4 is 0 Å². The summed E-state index contributed by atoms with van der Waals surface area (Å²) >= 11 is 0. The van der Waals surface area contributed by atoms with E-state index in [-0.39, 0.29) is 11.5 Å². The third kappa shape index (κ3) is 1.30. The van der Waals surface area contributed by atoms with Gasteiger partial charge in [-0.2, -0.15) is 0 Å². The van der Waals surface area contributed by atoms with Gasteiger partial charge in [0.25, 0.3) is 0 Å².